The average molecular weight is 497 g/mol. The van der Waals surface area contributed by atoms with E-state index in [9.17, 15) is 0 Å². The second-order valence-corrected chi connectivity index (χ2v) is 13.5. The Morgan fingerprint density at radius 3 is 2.16 bits per heavy atom. The number of ether oxygens (including phenoxy) is 1. The molecule has 1 aliphatic carbocycles. The molecule has 0 saturated heterocycles. The lowest BCUT2D eigenvalue weighted by molar-refractivity contribution is 0.487. The van der Waals surface area contributed by atoms with E-state index in [4.69, 9.17) is 4.74 Å². The summed E-state index contributed by atoms with van der Waals surface area (Å²) in [6.45, 7) is 16.3. The van der Waals surface area contributed by atoms with Crippen LogP contribution in [0.5, 0.6) is 11.5 Å². The van der Waals surface area contributed by atoms with E-state index in [1.54, 1.807) is 5.56 Å². The van der Waals surface area contributed by atoms with Gasteiger partial charge in [0.25, 0.3) is 6.71 Å². The molecule has 7 rings (SSSR count). The summed E-state index contributed by atoms with van der Waals surface area (Å²) in [5.41, 5.74) is 15.2. The monoisotopic (exact) mass is 497 g/mol. The zero-order valence-electron chi connectivity index (χ0n) is 23.7. The second kappa shape index (κ2) is 7.79. The van der Waals surface area contributed by atoms with Crippen molar-refractivity contribution in [1.29, 1.82) is 0 Å². The zero-order valence-corrected chi connectivity index (χ0v) is 23.7. The molecule has 0 aromatic heterocycles. The number of nitrogens with zero attached hydrogens (tertiary/aromatic N) is 1. The van der Waals surface area contributed by atoms with Gasteiger partial charge in [0.2, 0.25) is 0 Å². The normalized spacial score (nSPS) is 15.1. The summed E-state index contributed by atoms with van der Waals surface area (Å²) < 4.78 is 6.58. The van der Waals surface area contributed by atoms with Gasteiger partial charge in [-0.3, -0.25) is 0 Å². The minimum atomic E-state index is 0.0678. The van der Waals surface area contributed by atoms with Gasteiger partial charge in [0.1, 0.15) is 11.5 Å². The lowest BCUT2D eigenvalue weighted by atomic mass is 9.34. The third kappa shape index (κ3) is 3.33. The molecule has 0 atom stereocenters. The van der Waals surface area contributed by atoms with Crippen LogP contribution < -0.4 is 26.0 Å². The number of fused-ring (bicyclic) bond motifs is 5. The molecular formula is C35H36BNO. The maximum Gasteiger partial charge on any atom is 0.256 e. The third-order valence-corrected chi connectivity index (χ3v) is 8.79. The summed E-state index contributed by atoms with van der Waals surface area (Å²) in [6, 6.07) is 25.2. The number of aryl methyl sites for hydroxylation is 1. The van der Waals surface area contributed by atoms with Crippen LogP contribution in [0.25, 0.3) is 0 Å². The maximum absolute atomic E-state index is 6.58. The summed E-state index contributed by atoms with van der Waals surface area (Å²) >= 11 is 0. The molecule has 0 fully saturated rings. The molecule has 190 valence electrons. The highest BCUT2D eigenvalue weighted by molar-refractivity contribution is 6.99. The SMILES string of the molecule is Cc1ccc2c(c1)B1c3cc(C(C)(C)C)ccc3N(c3ccc(C(C)(C)C)c4c3CC4)c3cccc(c31)O2. The lowest BCUT2D eigenvalue weighted by Gasteiger charge is -2.43. The first kappa shape index (κ1) is 23.6. The molecule has 0 radical (unpaired) electrons. The van der Waals surface area contributed by atoms with Crippen molar-refractivity contribution in [3.63, 3.8) is 0 Å². The van der Waals surface area contributed by atoms with Crippen molar-refractivity contribution in [2.75, 3.05) is 4.90 Å². The van der Waals surface area contributed by atoms with Crippen molar-refractivity contribution in [2.24, 2.45) is 0 Å². The molecule has 4 aromatic rings. The van der Waals surface area contributed by atoms with Gasteiger partial charge in [-0.2, -0.15) is 0 Å². The van der Waals surface area contributed by atoms with Gasteiger partial charge in [-0.15, -0.1) is 0 Å². The summed E-state index contributed by atoms with van der Waals surface area (Å²) in [6.07, 6.45) is 2.31. The van der Waals surface area contributed by atoms with Crippen LogP contribution in [0.1, 0.15) is 69.4 Å². The largest absolute Gasteiger partial charge is 0.458 e. The van der Waals surface area contributed by atoms with Crippen LogP contribution in [0.3, 0.4) is 0 Å². The maximum atomic E-state index is 6.58. The predicted molar refractivity (Wildman–Crippen MR) is 162 cm³/mol. The van der Waals surface area contributed by atoms with Crippen LogP contribution in [-0.4, -0.2) is 6.71 Å². The summed E-state index contributed by atoms with van der Waals surface area (Å²) in [7, 11) is 0. The Balaban J connectivity index is 1.53. The van der Waals surface area contributed by atoms with Crippen molar-refractivity contribution < 1.29 is 4.74 Å². The van der Waals surface area contributed by atoms with E-state index in [0.29, 0.717) is 0 Å². The molecule has 2 heterocycles. The predicted octanol–water partition coefficient (Wildman–Crippen LogP) is 7.09. The zero-order chi connectivity index (χ0) is 26.6. The van der Waals surface area contributed by atoms with Gasteiger partial charge in [0, 0.05) is 17.1 Å². The Morgan fingerprint density at radius 2 is 1.45 bits per heavy atom. The van der Waals surface area contributed by atoms with Gasteiger partial charge in [0.05, 0.1) is 0 Å². The standard InChI is InChI=1S/C35H36BNO/c1-21-11-18-31-27(19-21)36-26-20-22(34(2,3)4)12-16-29(26)37(30-9-8-10-32(38-31)33(30)36)28-17-15-25(35(5,6)7)23-13-14-24(23)28/h8-12,15-20H,13-14H2,1-7H3. The molecular weight excluding hydrogens is 461 g/mol. The molecule has 0 amide bonds. The van der Waals surface area contributed by atoms with E-state index in [2.05, 4.69) is 120 Å². The molecule has 0 spiro atoms. The van der Waals surface area contributed by atoms with Gasteiger partial charge in [-0.25, -0.2) is 0 Å². The third-order valence-electron chi connectivity index (χ3n) is 8.79. The molecule has 3 heteroatoms. The first-order valence-electron chi connectivity index (χ1n) is 14.0. The summed E-state index contributed by atoms with van der Waals surface area (Å²) in [5.74, 6) is 1.95. The number of anilines is 3. The van der Waals surface area contributed by atoms with E-state index >= 15 is 0 Å². The van der Waals surface area contributed by atoms with Crippen molar-refractivity contribution in [1.82, 2.24) is 0 Å². The van der Waals surface area contributed by atoms with Crippen LogP contribution in [0.15, 0.2) is 66.7 Å². The summed E-state index contributed by atoms with van der Waals surface area (Å²) in [5, 5.41) is 0. The molecule has 0 saturated carbocycles. The minimum absolute atomic E-state index is 0.0678. The van der Waals surface area contributed by atoms with Crippen LogP contribution in [0.4, 0.5) is 17.1 Å². The highest BCUT2D eigenvalue weighted by Crippen LogP contribution is 2.47. The van der Waals surface area contributed by atoms with Crippen LogP contribution in [0, 0.1) is 6.92 Å². The van der Waals surface area contributed by atoms with E-state index in [1.807, 2.05) is 0 Å². The molecule has 3 aliphatic rings. The van der Waals surface area contributed by atoms with Crippen molar-refractivity contribution >= 4 is 40.2 Å². The Kier molecular flexibility index (Phi) is 4.85. The number of hydrogen-bond acceptors (Lipinski definition) is 2. The van der Waals surface area contributed by atoms with Gasteiger partial charge in [-0.05, 0) is 99.6 Å². The van der Waals surface area contributed by atoms with Gasteiger partial charge in [0.15, 0.2) is 0 Å². The van der Waals surface area contributed by atoms with Crippen molar-refractivity contribution in [2.45, 2.75) is 72.1 Å². The van der Waals surface area contributed by atoms with E-state index in [1.165, 1.54) is 62.1 Å². The Labute approximate surface area is 227 Å². The van der Waals surface area contributed by atoms with E-state index in [0.717, 1.165) is 17.9 Å². The number of rotatable bonds is 1. The summed E-state index contributed by atoms with van der Waals surface area (Å²) in [4.78, 5) is 2.53. The molecule has 0 unspecified atom stereocenters. The van der Waals surface area contributed by atoms with Crippen molar-refractivity contribution in [3.05, 3.63) is 94.5 Å². The van der Waals surface area contributed by atoms with Gasteiger partial charge in [-0.1, -0.05) is 83.5 Å². The smallest absolute Gasteiger partial charge is 0.256 e. The Bertz CT molecular complexity index is 1640. The second-order valence-electron chi connectivity index (χ2n) is 13.5. The first-order chi connectivity index (χ1) is 18.0. The van der Waals surface area contributed by atoms with E-state index < -0.39 is 0 Å². The van der Waals surface area contributed by atoms with Gasteiger partial charge >= 0.3 is 0 Å². The molecule has 2 aliphatic heterocycles. The fourth-order valence-corrected chi connectivity index (χ4v) is 6.77. The molecule has 0 bridgehead atoms. The number of hydrogen-bond donors (Lipinski definition) is 0. The molecule has 38 heavy (non-hydrogen) atoms. The fraction of sp³-hybridized carbons (Fsp3) is 0.314. The topological polar surface area (TPSA) is 12.5 Å². The Morgan fingerprint density at radius 1 is 0.684 bits per heavy atom. The highest BCUT2D eigenvalue weighted by atomic mass is 16.5. The van der Waals surface area contributed by atoms with Crippen LogP contribution >= 0.6 is 0 Å². The van der Waals surface area contributed by atoms with Gasteiger partial charge < -0.3 is 9.64 Å². The minimum Gasteiger partial charge on any atom is -0.458 e. The fourth-order valence-electron chi connectivity index (χ4n) is 6.77. The van der Waals surface area contributed by atoms with E-state index in [-0.39, 0.29) is 17.5 Å². The average Bonchev–Trinajstić information content (AvgIpc) is 2.83. The Hall–Kier alpha value is -3.46. The lowest BCUT2D eigenvalue weighted by Crippen LogP contribution is -2.59. The molecule has 4 aromatic carbocycles. The van der Waals surface area contributed by atoms with Crippen LogP contribution in [-0.2, 0) is 23.7 Å². The molecule has 2 nitrogen and oxygen atoms in total. The quantitative estimate of drug-likeness (QED) is 0.225. The highest BCUT2D eigenvalue weighted by Gasteiger charge is 2.43. The number of benzene rings is 4. The first-order valence-corrected chi connectivity index (χ1v) is 14.0. The van der Waals surface area contributed by atoms with Crippen molar-refractivity contribution in [3.8, 4) is 11.5 Å². The van der Waals surface area contributed by atoms with Crippen LogP contribution in [0.2, 0.25) is 0 Å². The molecule has 0 N–H and O–H groups in total.